The van der Waals surface area contributed by atoms with E-state index in [0.29, 0.717) is 22.1 Å². The number of nitrogens with one attached hydrogen (secondary N) is 1. The summed E-state index contributed by atoms with van der Waals surface area (Å²) < 4.78 is 41.0. The van der Waals surface area contributed by atoms with E-state index in [0.717, 1.165) is 66.5 Å². The van der Waals surface area contributed by atoms with Crippen LogP contribution in [-0.2, 0) is 11.0 Å². The molecule has 7 atom stereocenters. The number of alkyl halides is 3. The number of fused-ring (bicyclic) bond motifs is 5. The average molecular weight is 608 g/mol. The van der Waals surface area contributed by atoms with Gasteiger partial charge in [-0.15, -0.1) is 0 Å². The fraction of sp³-hybridized carbons (Fsp3) is 0.806. The monoisotopic (exact) mass is 607 g/mol. The standard InChI is InChI=1S/C30H42F3NOS.C6H14/c1-28-18-4-3-6-20(28)11-15-24-25-16-12-21(29(25,2)19-17-26(24)28)7-5-8-27(35)34-36-23-13-9-22(10-14-23)30(31,32)33;1-3-5-6-4-2/h9-10,13-14,20-21,24-26H,3-8,11-12,15-19H2,1-2H3,(H,34,35);3-6H2,1-2H3. The predicted molar refractivity (Wildman–Crippen MR) is 169 cm³/mol. The molecular weight excluding hydrogens is 551 g/mol. The molecule has 1 aromatic carbocycles. The van der Waals surface area contributed by atoms with Crippen LogP contribution in [0.1, 0.15) is 142 Å². The summed E-state index contributed by atoms with van der Waals surface area (Å²) in [6.45, 7) is 9.68. The smallest absolute Gasteiger partial charge is 0.296 e. The molecule has 0 spiro atoms. The SMILES string of the molecule is CC12CCCCC1CCC1C2CCC2(C)C(CCCC(=O)NSc3ccc(C(F)(F)F)cc3)CCC12.CCCCCC. The first-order chi connectivity index (χ1) is 20.0. The molecule has 238 valence electrons. The van der Waals surface area contributed by atoms with Crippen LogP contribution in [0.25, 0.3) is 0 Å². The zero-order valence-electron chi connectivity index (χ0n) is 26.7. The number of hydrogen-bond donors (Lipinski definition) is 1. The van der Waals surface area contributed by atoms with Crippen molar-refractivity contribution in [2.24, 2.45) is 40.4 Å². The third-order valence-electron chi connectivity index (χ3n) is 12.2. The van der Waals surface area contributed by atoms with Gasteiger partial charge < -0.3 is 0 Å². The zero-order chi connectivity index (χ0) is 30.4. The predicted octanol–water partition coefficient (Wildman–Crippen LogP) is 11.6. The summed E-state index contributed by atoms with van der Waals surface area (Å²) in [6, 6.07) is 4.93. The minimum Gasteiger partial charge on any atom is -0.296 e. The Bertz CT molecular complexity index is 992. The van der Waals surface area contributed by atoms with Crippen LogP contribution in [-0.4, -0.2) is 5.91 Å². The molecular formula is C36H56F3NOS. The average Bonchev–Trinajstić information content (AvgIpc) is 3.31. The number of carbonyl (C=O) groups excluding carboxylic acids is 1. The summed E-state index contributed by atoms with van der Waals surface area (Å²) in [4.78, 5) is 13.0. The lowest BCUT2D eigenvalue weighted by atomic mass is 9.45. The van der Waals surface area contributed by atoms with Gasteiger partial charge in [0.1, 0.15) is 0 Å². The fourth-order valence-electron chi connectivity index (χ4n) is 9.77. The summed E-state index contributed by atoms with van der Waals surface area (Å²) in [5, 5.41) is 0. The van der Waals surface area contributed by atoms with E-state index < -0.39 is 11.7 Å². The van der Waals surface area contributed by atoms with Crippen molar-refractivity contribution in [1.82, 2.24) is 4.72 Å². The largest absolute Gasteiger partial charge is 0.416 e. The molecule has 4 fully saturated rings. The van der Waals surface area contributed by atoms with Gasteiger partial charge in [-0.3, -0.25) is 9.52 Å². The van der Waals surface area contributed by atoms with Crippen molar-refractivity contribution in [3.05, 3.63) is 29.8 Å². The lowest BCUT2D eigenvalue weighted by molar-refractivity contribution is -0.137. The van der Waals surface area contributed by atoms with Crippen molar-refractivity contribution in [3.8, 4) is 0 Å². The molecule has 0 aliphatic heterocycles. The second-order valence-electron chi connectivity index (χ2n) is 14.5. The Morgan fingerprint density at radius 3 is 2.21 bits per heavy atom. The first kappa shape index (κ1) is 33.7. The highest BCUT2D eigenvalue weighted by atomic mass is 32.2. The van der Waals surface area contributed by atoms with Crippen LogP contribution in [0.3, 0.4) is 0 Å². The van der Waals surface area contributed by atoms with Gasteiger partial charge in [-0.2, -0.15) is 13.2 Å². The molecule has 0 radical (unpaired) electrons. The van der Waals surface area contributed by atoms with Crippen molar-refractivity contribution in [2.75, 3.05) is 0 Å². The van der Waals surface area contributed by atoms with Crippen molar-refractivity contribution in [3.63, 3.8) is 0 Å². The van der Waals surface area contributed by atoms with Crippen molar-refractivity contribution >= 4 is 17.9 Å². The third kappa shape index (κ3) is 7.72. The summed E-state index contributed by atoms with van der Waals surface area (Å²) in [5.41, 5.74) is 0.352. The van der Waals surface area contributed by atoms with Gasteiger partial charge in [0.05, 0.1) is 5.56 Å². The molecule has 4 saturated carbocycles. The second kappa shape index (κ2) is 14.7. The van der Waals surface area contributed by atoms with Gasteiger partial charge >= 0.3 is 6.18 Å². The van der Waals surface area contributed by atoms with Crippen LogP contribution in [0.2, 0.25) is 0 Å². The van der Waals surface area contributed by atoms with Gasteiger partial charge in [-0.1, -0.05) is 66.2 Å². The number of unbranched alkanes of at least 4 members (excludes halogenated alkanes) is 3. The maximum absolute atomic E-state index is 12.7. The Morgan fingerprint density at radius 1 is 0.857 bits per heavy atom. The van der Waals surface area contributed by atoms with E-state index in [1.807, 2.05) is 0 Å². The lowest BCUT2D eigenvalue weighted by Gasteiger charge is -2.60. The van der Waals surface area contributed by atoms with Crippen LogP contribution in [0.4, 0.5) is 13.2 Å². The molecule has 6 heteroatoms. The molecule has 1 aromatic rings. The molecule has 1 N–H and O–H groups in total. The molecule has 4 aliphatic carbocycles. The zero-order valence-corrected chi connectivity index (χ0v) is 27.5. The fourth-order valence-corrected chi connectivity index (χ4v) is 10.4. The quantitative estimate of drug-likeness (QED) is 0.223. The first-order valence-electron chi connectivity index (χ1n) is 17.2. The maximum Gasteiger partial charge on any atom is 0.416 e. The van der Waals surface area contributed by atoms with Gasteiger partial charge in [-0.05, 0) is 141 Å². The number of carbonyl (C=O) groups is 1. The highest BCUT2D eigenvalue weighted by Crippen LogP contribution is 2.67. The number of amides is 1. The van der Waals surface area contributed by atoms with Gasteiger partial charge in [0.2, 0.25) is 5.91 Å². The number of hydrogen-bond acceptors (Lipinski definition) is 2. The molecule has 0 aromatic heterocycles. The molecule has 42 heavy (non-hydrogen) atoms. The first-order valence-corrected chi connectivity index (χ1v) is 18.0. The molecule has 0 heterocycles. The molecule has 7 unspecified atom stereocenters. The second-order valence-corrected chi connectivity index (χ2v) is 15.3. The van der Waals surface area contributed by atoms with E-state index in [1.54, 1.807) is 0 Å². The summed E-state index contributed by atoms with van der Waals surface area (Å²) >= 11 is 1.10. The molecule has 5 rings (SSSR count). The third-order valence-corrected chi connectivity index (χ3v) is 13.0. The normalized spacial score (nSPS) is 33.9. The Kier molecular flexibility index (Phi) is 11.8. The Balaban J connectivity index is 0.000000612. The van der Waals surface area contributed by atoms with Crippen molar-refractivity contribution < 1.29 is 18.0 Å². The number of rotatable bonds is 9. The Morgan fingerprint density at radius 2 is 1.55 bits per heavy atom. The molecule has 0 bridgehead atoms. The van der Waals surface area contributed by atoms with Crippen LogP contribution in [0, 0.1) is 40.4 Å². The number of halogens is 3. The van der Waals surface area contributed by atoms with Crippen LogP contribution < -0.4 is 4.72 Å². The van der Waals surface area contributed by atoms with Crippen molar-refractivity contribution in [2.45, 2.75) is 148 Å². The van der Waals surface area contributed by atoms with Crippen LogP contribution in [0.5, 0.6) is 0 Å². The van der Waals surface area contributed by atoms with Gasteiger partial charge in [0, 0.05) is 11.3 Å². The molecule has 1 amide bonds. The van der Waals surface area contributed by atoms with E-state index in [2.05, 4.69) is 32.4 Å². The molecule has 0 saturated heterocycles. The molecule has 4 aliphatic rings. The lowest BCUT2D eigenvalue weighted by Crippen LogP contribution is -2.52. The van der Waals surface area contributed by atoms with Crippen molar-refractivity contribution in [1.29, 1.82) is 0 Å². The van der Waals surface area contributed by atoms with E-state index in [-0.39, 0.29) is 5.91 Å². The summed E-state index contributed by atoms with van der Waals surface area (Å²) in [5.74, 6) is 4.36. The number of benzene rings is 1. The Labute approximate surface area is 258 Å². The van der Waals surface area contributed by atoms with E-state index >= 15 is 0 Å². The summed E-state index contributed by atoms with van der Waals surface area (Å²) in [7, 11) is 0. The highest BCUT2D eigenvalue weighted by molar-refractivity contribution is 7.98. The topological polar surface area (TPSA) is 29.1 Å². The minimum absolute atomic E-state index is 0.0353. The maximum atomic E-state index is 12.7. The van der Waals surface area contributed by atoms with Gasteiger partial charge in [-0.25, -0.2) is 0 Å². The van der Waals surface area contributed by atoms with E-state index in [1.165, 1.54) is 102 Å². The van der Waals surface area contributed by atoms with Gasteiger partial charge in [0.15, 0.2) is 0 Å². The highest BCUT2D eigenvalue weighted by Gasteiger charge is 2.59. The Hall–Kier alpha value is -1.17. The van der Waals surface area contributed by atoms with E-state index in [9.17, 15) is 18.0 Å². The van der Waals surface area contributed by atoms with Crippen LogP contribution >= 0.6 is 11.9 Å². The minimum atomic E-state index is -4.34. The molecule has 2 nitrogen and oxygen atoms in total. The van der Waals surface area contributed by atoms with E-state index in [4.69, 9.17) is 0 Å². The summed E-state index contributed by atoms with van der Waals surface area (Å²) in [6.07, 6.45) is 17.8. The van der Waals surface area contributed by atoms with Gasteiger partial charge in [0.25, 0.3) is 0 Å². The van der Waals surface area contributed by atoms with Crippen LogP contribution in [0.15, 0.2) is 29.2 Å².